The lowest BCUT2D eigenvalue weighted by Gasteiger charge is -2.23. The molecule has 1 N–H and O–H groups in total. The molecule has 3 fully saturated rings. The lowest BCUT2D eigenvalue weighted by atomic mass is 10.1. The highest BCUT2D eigenvalue weighted by Crippen LogP contribution is 2.58. The van der Waals surface area contributed by atoms with Crippen LogP contribution in [-0.2, 0) is 18.9 Å². The summed E-state index contributed by atoms with van der Waals surface area (Å²) in [6.07, 6.45) is -1.08. The zero-order valence-electron chi connectivity index (χ0n) is 10.3. The van der Waals surface area contributed by atoms with Crippen molar-refractivity contribution in [2.45, 2.75) is 50.2 Å². The van der Waals surface area contributed by atoms with E-state index in [4.69, 9.17) is 18.9 Å². The van der Waals surface area contributed by atoms with E-state index < -0.39 is 35.6 Å². The summed E-state index contributed by atoms with van der Waals surface area (Å²) in [5, 5.41) is 10.3. The molecule has 0 aromatic carbocycles. The predicted octanol–water partition coefficient (Wildman–Crippen LogP) is 0.625. The quantitative estimate of drug-likeness (QED) is 0.745. The minimum atomic E-state index is -0.738. The van der Waals surface area contributed by atoms with Crippen molar-refractivity contribution in [3.05, 3.63) is 0 Å². The molecule has 0 radical (unpaired) electrons. The molecule has 1 aliphatic carbocycles. The van der Waals surface area contributed by atoms with Gasteiger partial charge >= 0.3 is 5.71 Å². The van der Waals surface area contributed by atoms with Crippen molar-refractivity contribution >= 4 is 15.0 Å². The van der Waals surface area contributed by atoms with Gasteiger partial charge in [-0.25, -0.2) is 4.79 Å². The van der Waals surface area contributed by atoms with E-state index in [0.29, 0.717) is 6.42 Å². The second kappa shape index (κ2) is 3.87. The summed E-state index contributed by atoms with van der Waals surface area (Å²) in [6.45, 7) is 3.82. The maximum absolute atomic E-state index is 10.7. The largest absolute Gasteiger partial charge is 0.463 e. The third kappa shape index (κ3) is 1.87. The molecular weight excluding hydrogens is 259 g/mol. The van der Waals surface area contributed by atoms with Crippen LogP contribution < -0.4 is 0 Å². The normalized spacial score (nSPS) is 48.2. The number of fused-ring (bicyclic) bond motifs is 1. The topological polar surface area (TPSA) is 74.2 Å². The summed E-state index contributed by atoms with van der Waals surface area (Å²) >= 11 is 0. The first-order valence-corrected chi connectivity index (χ1v) is 6.55. The monoisotopic (exact) mass is 276 g/mol. The highest BCUT2D eigenvalue weighted by Gasteiger charge is 2.72. The maximum Gasteiger partial charge on any atom is 0.319 e. The SMILES string of the molecule is CC1(C)O[C@H]2O[C@]3(C[C@@H]3COC(=O)P)C(O)[C@@H]2O1. The molecule has 0 aromatic rings. The van der Waals surface area contributed by atoms with Crippen molar-refractivity contribution in [1.82, 2.24) is 0 Å². The Balaban J connectivity index is 1.64. The Kier molecular flexibility index (Phi) is 2.74. The molecule has 2 aliphatic heterocycles. The zero-order valence-corrected chi connectivity index (χ0v) is 11.4. The van der Waals surface area contributed by atoms with Crippen LogP contribution in [0.3, 0.4) is 0 Å². The van der Waals surface area contributed by atoms with Crippen molar-refractivity contribution in [1.29, 1.82) is 0 Å². The molecule has 0 amide bonds. The minimum absolute atomic E-state index is 0.0120. The van der Waals surface area contributed by atoms with E-state index in [1.165, 1.54) is 0 Å². The Morgan fingerprint density at radius 3 is 2.78 bits per heavy atom. The third-order valence-electron chi connectivity index (χ3n) is 3.76. The van der Waals surface area contributed by atoms with Crippen molar-refractivity contribution in [3.8, 4) is 0 Å². The van der Waals surface area contributed by atoms with Gasteiger partial charge in [0, 0.05) is 5.92 Å². The molecule has 102 valence electrons. The Hall–Kier alpha value is -0.260. The first kappa shape index (κ1) is 12.8. The van der Waals surface area contributed by atoms with Gasteiger partial charge in [0.05, 0.1) is 6.61 Å². The van der Waals surface area contributed by atoms with Crippen LogP contribution in [0.5, 0.6) is 0 Å². The van der Waals surface area contributed by atoms with Gasteiger partial charge in [-0.3, -0.25) is 0 Å². The summed E-state index contributed by atoms with van der Waals surface area (Å²) < 4.78 is 21.9. The van der Waals surface area contributed by atoms with E-state index in [0.717, 1.165) is 0 Å². The Morgan fingerprint density at radius 2 is 2.17 bits per heavy atom. The molecule has 2 heterocycles. The molecule has 6 atom stereocenters. The van der Waals surface area contributed by atoms with E-state index in [1.807, 2.05) is 9.24 Å². The van der Waals surface area contributed by atoms with E-state index in [9.17, 15) is 9.90 Å². The fourth-order valence-corrected chi connectivity index (χ4v) is 2.94. The fourth-order valence-electron chi connectivity index (χ4n) is 2.84. The van der Waals surface area contributed by atoms with Crippen molar-refractivity contribution < 1.29 is 28.8 Å². The number of hydrogen-bond acceptors (Lipinski definition) is 6. The third-order valence-corrected chi connectivity index (χ3v) is 3.93. The van der Waals surface area contributed by atoms with Gasteiger partial charge in [0.2, 0.25) is 0 Å². The van der Waals surface area contributed by atoms with Gasteiger partial charge in [-0.05, 0) is 29.5 Å². The van der Waals surface area contributed by atoms with Crippen LogP contribution >= 0.6 is 9.24 Å². The average molecular weight is 276 g/mol. The van der Waals surface area contributed by atoms with E-state index in [2.05, 4.69) is 0 Å². The maximum atomic E-state index is 10.7. The summed E-state index contributed by atoms with van der Waals surface area (Å²) in [7, 11) is 1.96. The van der Waals surface area contributed by atoms with Crippen LogP contribution in [0.15, 0.2) is 0 Å². The highest BCUT2D eigenvalue weighted by atomic mass is 31.0. The molecule has 3 aliphatic rings. The van der Waals surface area contributed by atoms with Crippen LogP contribution in [0.4, 0.5) is 4.79 Å². The number of carbonyl (C=O) groups excluding carboxylic acids is 1. The van der Waals surface area contributed by atoms with Gasteiger partial charge in [0.15, 0.2) is 12.1 Å². The second-order valence-electron chi connectivity index (χ2n) is 5.52. The summed E-state index contributed by atoms with van der Waals surface area (Å²) in [6, 6.07) is 0. The summed E-state index contributed by atoms with van der Waals surface area (Å²) in [4.78, 5) is 10.7. The van der Waals surface area contributed by atoms with E-state index in [1.54, 1.807) is 13.8 Å². The molecule has 2 saturated heterocycles. The van der Waals surface area contributed by atoms with Gasteiger partial charge in [0.1, 0.15) is 17.8 Å². The van der Waals surface area contributed by atoms with E-state index >= 15 is 0 Å². The number of rotatable bonds is 2. The van der Waals surface area contributed by atoms with Crippen LogP contribution in [0.1, 0.15) is 20.3 Å². The molecule has 18 heavy (non-hydrogen) atoms. The van der Waals surface area contributed by atoms with Gasteiger partial charge < -0.3 is 24.1 Å². The number of aliphatic hydroxyl groups is 1. The molecule has 0 bridgehead atoms. The number of ether oxygens (including phenoxy) is 4. The first-order chi connectivity index (χ1) is 8.34. The molecule has 2 unspecified atom stereocenters. The number of carbonyl (C=O) groups is 1. The van der Waals surface area contributed by atoms with Gasteiger partial charge in [-0.2, -0.15) is 0 Å². The lowest BCUT2D eigenvalue weighted by molar-refractivity contribution is -0.223. The van der Waals surface area contributed by atoms with Crippen molar-refractivity contribution in [2.24, 2.45) is 5.92 Å². The summed E-state index contributed by atoms with van der Waals surface area (Å²) in [5.41, 5.74) is -1.07. The van der Waals surface area contributed by atoms with Crippen LogP contribution in [0, 0.1) is 5.92 Å². The van der Waals surface area contributed by atoms with Gasteiger partial charge in [0.25, 0.3) is 0 Å². The standard InChI is InChI=1S/C11H17O6P/c1-10(2)15-6-7(12)11(17-8(6)16-10)3-5(11)4-14-9(13)18/h5-8,12H,3-4,18H2,1-2H3/t5-,6+,7?,8+,11+/m1/s1. The predicted molar refractivity (Wildman–Crippen MR) is 62.8 cm³/mol. The van der Waals surface area contributed by atoms with Crippen LogP contribution in [0.25, 0.3) is 0 Å². The minimum Gasteiger partial charge on any atom is -0.463 e. The summed E-state index contributed by atoms with van der Waals surface area (Å²) in [5.74, 6) is -0.715. The van der Waals surface area contributed by atoms with Crippen molar-refractivity contribution in [3.63, 3.8) is 0 Å². The molecular formula is C11H17O6P. The van der Waals surface area contributed by atoms with Gasteiger partial charge in [-0.1, -0.05) is 0 Å². The number of aliphatic hydroxyl groups excluding tert-OH is 1. The van der Waals surface area contributed by atoms with Gasteiger partial charge in [-0.15, -0.1) is 0 Å². The second-order valence-corrected chi connectivity index (χ2v) is 5.99. The lowest BCUT2D eigenvalue weighted by Crippen LogP contribution is -2.37. The highest BCUT2D eigenvalue weighted by molar-refractivity contribution is 7.39. The smallest absolute Gasteiger partial charge is 0.319 e. The Morgan fingerprint density at radius 1 is 1.44 bits per heavy atom. The molecule has 1 spiro atoms. The van der Waals surface area contributed by atoms with Crippen LogP contribution in [-0.4, -0.2) is 47.3 Å². The zero-order chi connectivity index (χ0) is 13.1. The molecule has 0 aromatic heterocycles. The Bertz CT molecular complexity index is 386. The first-order valence-electron chi connectivity index (χ1n) is 5.98. The Labute approximate surface area is 107 Å². The van der Waals surface area contributed by atoms with Crippen LogP contribution in [0.2, 0.25) is 0 Å². The molecule has 1 saturated carbocycles. The number of hydrogen-bond donors (Lipinski definition) is 1. The van der Waals surface area contributed by atoms with Crippen molar-refractivity contribution in [2.75, 3.05) is 6.61 Å². The molecule has 3 rings (SSSR count). The van der Waals surface area contributed by atoms with E-state index in [-0.39, 0.29) is 12.5 Å². The fraction of sp³-hybridized carbons (Fsp3) is 0.909. The molecule has 7 heteroatoms. The average Bonchev–Trinajstić information content (AvgIpc) is 2.79. The molecule has 6 nitrogen and oxygen atoms in total.